The van der Waals surface area contributed by atoms with E-state index in [9.17, 15) is 4.79 Å². The van der Waals surface area contributed by atoms with Crippen LogP contribution in [0.1, 0.15) is 29.1 Å². The van der Waals surface area contributed by atoms with Crippen molar-refractivity contribution in [3.8, 4) is 5.75 Å². The van der Waals surface area contributed by atoms with Crippen molar-refractivity contribution in [3.05, 3.63) is 45.9 Å². The maximum atomic E-state index is 12.6. The molecule has 0 bridgehead atoms. The van der Waals surface area contributed by atoms with Gasteiger partial charge in [0.15, 0.2) is 0 Å². The van der Waals surface area contributed by atoms with E-state index in [1.807, 2.05) is 30.0 Å². The van der Waals surface area contributed by atoms with Gasteiger partial charge in [-0.1, -0.05) is 18.2 Å². The maximum Gasteiger partial charge on any atom is 0.224 e. The Hall–Kier alpha value is -1.96. The summed E-state index contributed by atoms with van der Waals surface area (Å²) < 4.78 is 5.67. The molecule has 1 aromatic carbocycles. The van der Waals surface area contributed by atoms with Gasteiger partial charge in [-0.2, -0.15) is 0 Å². The summed E-state index contributed by atoms with van der Waals surface area (Å²) in [6.07, 6.45) is 1.58. The molecule has 2 atom stereocenters. The number of fused-ring (bicyclic) bond motifs is 1. The molecule has 1 N–H and O–H groups in total. The molecule has 0 radical (unpaired) electrons. The Bertz CT molecular complexity index is 809. The summed E-state index contributed by atoms with van der Waals surface area (Å²) in [5, 5.41) is 12.1. The van der Waals surface area contributed by atoms with Crippen LogP contribution in [-0.2, 0) is 17.9 Å². The van der Waals surface area contributed by atoms with Gasteiger partial charge in [0.05, 0.1) is 23.9 Å². The number of hydrogen-bond acceptors (Lipinski definition) is 6. The topological polar surface area (TPSA) is 65.9 Å². The highest BCUT2D eigenvalue weighted by atomic mass is 32.1. The third kappa shape index (κ3) is 3.85. The molecule has 0 saturated carbocycles. The third-order valence-electron chi connectivity index (χ3n) is 5.42. The molecule has 7 heteroatoms. The lowest BCUT2D eigenvalue weighted by Gasteiger charge is -2.25. The first-order valence-electron chi connectivity index (χ1n) is 9.42. The van der Waals surface area contributed by atoms with Crippen LogP contribution in [0.5, 0.6) is 5.75 Å². The number of aliphatic hydroxyl groups is 1. The molecule has 1 aromatic heterocycles. The monoisotopic (exact) mass is 387 g/mol. The molecule has 2 saturated heterocycles. The summed E-state index contributed by atoms with van der Waals surface area (Å²) >= 11 is 1.63. The smallest absolute Gasteiger partial charge is 0.224 e. The zero-order valence-corrected chi connectivity index (χ0v) is 16.3. The van der Waals surface area contributed by atoms with Crippen LogP contribution in [0.25, 0.3) is 0 Å². The highest BCUT2D eigenvalue weighted by molar-refractivity contribution is 7.09. The Kier molecular flexibility index (Phi) is 5.43. The van der Waals surface area contributed by atoms with Crippen LogP contribution in [0.4, 0.5) is 0 Å². The molecule has 144 valence electrons. The Morgan fingerprint density at radius 1 is 1.30 bits per heavy atom. The second-order valence-electron chi connectivity index (χ2n) is 7.16. The van der Waals surface area contributed by atoms with E-state index in [2.05, 4.69) is 21.3 Å². The number of para-hydroxylation sites is 1. The lowest BCUT2D eigenvalue weighted by molar-refractivity contribution is -0.129. The van der Waals surface area contributed by atoms with Crippen molar-refractivity contribution in [2.75, 3.05) is 19.8 Å². The molecule has 2 aliphatic heterocycles. The minimum atomic E-state index is 0.00228. The number of amides is 1. The highest BCUT2D eigenvalue weighted by Gasteiger charge is 2.46. The average molecular weight is 388 g/mol. The SMILES string of the molecule is Cc1nc(CN2C(=O)C[C@H]3[C@@H]2CCN3Cc2ccccc2OCCO)cs1. The van der Waals surface area contributed by atoms with E-state index in [-0.39, 0.29) is 24.6 Å². The number of hydrogen-bond donors (Lipinski definition) is 1. The predicted octanol–water partition coefficient (Wildman–Crippen LogP) is 2.20. The van der Waals surface area contributed by atoms with E-state index in [4.69, 9.17) is 9.84 Å². The highest BCUT2D eigenvalue weighted by Crippen LogP contribution is 2.35. The van der Waals surface area contributed by atoms with Crippen LogP contribution in [0.2, 0.25) is 0 Å². The van der Waals surface area contributed by atoms with Crippen molar-refractivity contribution >= 4 is 17.2 Å². The maximum absolute atomic E-state index is 12.6. The molecule has 0 aliphatic carbocycles. The number of carbonyl (C=O) groups is 1. The van der Waals surface area contributed by atoms with Gasteiger partial charge in [0.1, 0.15) is 12.4 Å². The second kappa shape index (κ2) is 7.96. The summed E-state index contributed by atoms with van der Waals surface area (Å²) in [4.78, 5) is 21.6. The van der Waals surface area contributed by atoms with Gasteiger partial charge in [0, 0.05) is 42.5 Å². The fourth-order valence-electron chi connectivity index (χ4n) is 4.22. The first-order chi connectivity index (χ1) is 13.2. The van der Waals surface area contributed by atoms with Gasteiger partial charge in [-0.05, 0) is 19.4 Å². The fraction of sp³-hybridized carbons (Fsp3) is 0.500. The van der Waals surface area contributed by atoms with Crippen molar-refractivity contribution < 1.29 is 14.6 Å². The minimum Gasteiger partial charge on any atom is -0.491 e. The Morgan fingerprint density at radius 2 is 2.15 bits per heavy atom. The Morgan fingerprint density at radius 3 is 2.93 bits per heavy atom. The van der Waals surface area contributed by atoms with E-state index in [1.54, 1.807) is 11.3 Å². The molecular formula is C20H25N3O3S. The van der Waals surface area contributed by atoms with Crippen LogP contribution < -0.4 is 4.74 Å². The van der Waals surface area contributed by atoms with Crippen LogP contribution >= 0.6 is 11.3 Å². The zero-order valence-electron chi connectivity index (χ0n) is 15.5. The largest absolute Gasteiger partial charge is 0.491 e. The number of aryl methyl sites for hydroxylation is 1. The normalized spacial score (nSPS) is 22.4. The molecule has 6 nitrogen and oxygen atoms in total. The quantitative estimate of drug-likeness (QED) is 0.789. The van der Waals surface area contributed by atoms with Gasteiger partial charge in [-0.3, -0.25) is 9.69 Å². The van der Waals surface area contributed by atoms with Crippen LogP contribution in [0, 0.1) is 6.92 Å². The van der Waals surface area contributed by atoms with E-state index in [0.29, 0.717) is 19.6 Å². The van der Waals surface area contributed by atoms with Crippen molar-refractivity contribution in [1.82, 2.24) is 14.8 Å². The van der Waals surface area contributed by atoms with Crippen molar-refractivity contribution in [1.29, 1.82) is 0 Å². The van der Waals surface area contributed by atoms with Gasteiger partial charge in [0.2, 0.25) is 5.91 Å². The summed E-state index contributed by atoms with van der Waals surface area (Å²) in [7, 11) is 0. The summed E-state index contributed by atoms with van der Waals surface area (Å²) in [5.74, 6) is 1.04. The molecule has 2 aromatic rings. The lowest BCUT2D eigenvalue weighted by Crippen LogP contribution is -2.36. The van der Waals surface area contributed by atoms with Crippen molar-refractivity contribution in [2.24, 2.45) is 0 Å². The van der Waals surface area contributed by atoms with E-state index in [1.165, 1.54) is 0 Å². The molecule has 2 aliphatic rings. The van der Waals surface area contributed by atoms with E-state index < -0.39 is 0 Å². The lowest BCUT2D eigenvalue weighted by atomic mass is 10.1. The number of nitrogens with zero attached hydrogens (tertiary/aromatic N) is 3. The number of carbonyl (C=O) groups excluding carboxylic acids is 1. The Labute approximate surface area is 163 Å². The minimum absolute atomic E-state index is 0.00228. The summed E-state index contributed by atoms with van der Waals surface area (Å²) in [5.41, 5.74) is 2.10. The molecule has 1 amide bonds. The number of aliphatic hydroxyl groups excluding tert-OH is 1. The number of likely N-dealkylation sites (tertiary alicyclic amines) is 2. The summed E-state index contributed by atoms with van der Waals surface area (Å²) in [6, 6.07) is 8.47. The number of ether oxygens (including phenoxy) is 1. The third-order valence-corrected chi connectivity index (χ3v) is 6.25. The Balaban J connectivity index is 1.45. The van der Waals surface area contributed by atoms with Crippen molar-refractivity contribution in [3.63, 3.8) is 0 Å². The standard InChI is InChI=1S/C20H25N3O3S/c1-14-21-16(13-27-14)12-23-17-6-7-22(18(17)10-20(23)25)11-15-4-2-3-5-19(15)26-9-8-24/h2-5,13,17-18,24H,6-12H2,1H3/t17-,18-/m0/s1. The molecule has 2 fully saturated rings. The molecule has 3 heterocycles. The van der Waals surface area contributed by atoms with Crippen LogP contribution in [0.15, 0.2) is 29.6 Å². The first-order valence-corrected chi connectivity index (χ1v) is 10.3. The average Bonchev–Trinajstić information content (AvgIpc) is 3.33. The van der Waals surface area contributed by atoms with E-state index in [0.717, 1.165) is 41.5 Å². The molecule has 27 heavy (non-hydrogen) atoms. The van der Waals surface area contributed by atoms with Gasteiger partial charge >= 0.3 is 0 Å². The fourth-order valence-corrected chi connectivity index (χ4v) is 4.82. The predicted molar refractivity (Wildman–Crippen MR) is 104 cm³/mol. The zero-order chi connectivity index (χ0) is 18.8. The summed E-state index contributed by atoms with van der Waals surface area (Å²) in [6.45, 7) is 4.65. The number of aromatic nitrogens is 1. The van der Waals surface area contributed by atoms with Gasteiger partial charge in [0.25, 0.3) is 0 Å². The van der Waals surface area contributed by atoms with Crippen molar-refractivity contribution in [2.45, 2.75) is 44.9 Å². The van der Waals surface area contributed by atoms with Gasteiger partial charge < -0.3 is 14.7 Å². The second-order valence-corrected chi connectivity index (χ2v) is 8.22. The first kappa shape index (κ1) is 18.4. The van der Waals surface area contributed by atoms with Gasteiger partial charge in [-0.15, -0.1) is 11.3 Å². The number of thiazole rings is 1. The molecule has 0 spiro atoms. The van der Waals surface area contributed by atoms with E-state index >= 15 is 0 Å². The van der Waals surface area contributed by atoms with Crippen LogP contribution in [0.3, 0.4) is 0 Å². The molecule has 4 rings (SSSR count). The van der Waals surface area contributed by atoms with Gasteiger partial charge in [-0.25, -0.2) is 4.98 Å². The molecular weight excluding hydrogens is 362 g/mol. The number of benzene rings is 1. The van der Waals surface area contributed by atoms with Crippen LogP contribution in [-0.4, -0.2) is 57.6 Å². The number of rotatable bonds is 7. The molecule has 0 unspecified atom stereocenters.